The van der Waals surface area contributed by atoms with Gasteiger partial charge in [0.25, 0.3) is 15.9 Å². The van der Waals surface area contributed by atoms with E-state index in [0.717, 1.165) is 4.31 Å². The lowest BCUT2D eigenvalue weighted by Crippen LogP contribution is -2.31. The first-order valence-electron chi connectivity index (χ1n) is 8.86. The molecule has 0 unspecified atom stereocenters. The van der Waals surface area contributed by atoms with E-state index >= 15 is 0 Å². The zero-order chi connectivity index (χ0) is 21.6. The monoisotopic (exact) mass is 420 g/mol. The van der Waals surface area contributed by atoms with Crippen LogP contribution in [-0.2, 0) is 19.6 Å². The van der Waals surface area contributed by atoms with Gasteiger partial charge in [-0.2, -0.15) is 0 Å². The summed E-state index contributed by atoms with van der Waals surface area (Å²) in [5.74, 6) is -0.637. The highest BCUT2D eigenvalue weighted by atomic mass is 32.2. The summed E-state index contributed by atoms with van der Waals surface area (Å²) in [5.41, 5.74) is 0.613. The summed E-state index contributed by atoms with van der Waals surface area (Å²) in [6.45, 7) is 3.15. The van der Waals surface area contributed by atoms with Gasteiger partial charge in [-0.3, -0.25) is 13.9 Å². The predicted molar refractivity (Wildman–Crippen MR) is 109 cm³/mol. The third kappa shape index (κ3) is 5.47. The molecule has 1 amide bonds. The Labute approximate surface area is 170 Å². The van der Waals surface area contributed by atoms with Crippen molar-refractivity contribution < 1.29 is 27.5 Å². The molecule has 0 radical (unpaired) electrons. The summed E-state index contributed by atoms with van der Waals surface area (Å²) in [6, 6.07) is 12.2. The van der Waals surface area contributed by atoms with E-state index in [-0.39, 0.29) is 23.1 Å². The fourth-order valence-electron chi connectivity index (χ4n) is 2.51. The first-order chi connectivity index (χ1) is 13.7. The molecule has 0 aliphatic carbocycles. The van der Waals surface area contributed by atoms with Crippen molar-refractivity contribution in [3.05, 3.63) is 54.1 Å². The number of hydrogen-bond acceptors (Lipinski definition) is 6. The molecule has 8 nitrogen and oxygen atoms in total. The maximum Gasteiger partial charge on any atom is 0.325 e. The number of rotatable bonds is 8. The Morgan fingerprint density at radius 1 is 1.07 bits per heavy atom. The number of nitrogens with one attached hydrogen (secondary N) is 1. The molecule has 2 aromatic rings. The number of para-hydroxylation sites is 2. The van der Waals surface area contributed by atoms with Crippen molar-refractivity contribution >= 4 is 27.6 Å². The smallest absolute Gasteiger partial charge is 0.325 e. The summed E-state index contributed by atoms with van der Waals surface area (Å²) >= 11 is 0. The molecule has 29 heavy (non-hydrogen) atoms. The SMILES string of the molecule is COc1ccccc1N(C)S(=O)(=O)c1ccc(C(=O)NCC(=O)OC(C)C)cc1. The second-order valence-corrected chi connectivity index (χ2v) is 8.36. The number of benzene rings is 2. The molecule has 0 saturated heterocycles. The van der Waals surface area contributed by atoms with Crippen LogP contribution in [0.25, 0.3) is 0 Å². The van der Waals surface area contributed by atoms with Gasteiger partial charge in [0.15, 0.2) is 0 Å². The first-order valence-corrected chi connectivity index (χ1v) is 10.3. The van der Waals surface area contributed by atoms with Crippen LogP contribution >= 0.6 is 0 Å². The van der Waals surface area contributed by atoms with Gasteiger partial charge in [0.05, 0.1) is 23.8 Å². The molecular weight excluding hydrogens is 396 g/mol. The van der Waals surface area contributed by atoms with Gasteiger partial charge in [-0.25, -0.2) is 8.42 Å². The molecule has 0 aliphatic heterocycles. The minimum atomic E-state index is -3.86. The fraction of sp³-hybridized carbons (Fsp3) is 0.300. The van der Waals surface area contributed by atoms with E-state index in [2.05, 4.69) is 5.32 Å². The molecule has 2 aromatic carbocycles. The third-order valence-corrected chi connectivity index (χ3v) is 5.75. The third-order valence-electron chi connectivity index (χ3n) is 3.96. The molecule has 0 aromatic heterocycles. The van der Waals surface area contributed by atoms with Gasteiger partial charge in [-0.05, 0) is 50.2 Å². The van der Waals surface area contributed by atoms with E-state index in [1.807, 2.05) is 0 Å². The van der Waals surface area contributed by atoms with Gasteiger partial charge in [0.1, 0.15) is 12.3 Å². The van der Waals surface area contributed by atoms with Crippen LogP contribution in [0.1, 0.15) is 24.2 Å². The number of carbonyl (C=O) groups excluding carboxylic acids is 2. The van der Waals surface area contributed by atoms with Crippen LogP contribution < -0.4 is 14.4 Å². The highest BCUT2D eigenvalue weighted by Gasteiger charge is 2.24. The second kappa shape index (κ2) is 9.42. The van der Waals surface area contributed by atoms with Crippen molar-refractivity contribution in [3.8, 4) is 5.75 Å². The quantitative estimate of drug-likeness (QED) is 0.657. The van der Waals surface area contributed by atoms with Crippen LogP contribution in [0.15, 0.2) is 53.4 Å². The van der Waals surface area contributed by atoms with Crippen molar-refractivity contribution in [2.45, 2.75) is 24.8 Å². The number of nitrogens with zero attached hydrogens (tertiary/aromatic N) is 1. The zero-order valence-corrected chi connectivity index (χ0v) is 17.5. The van der Waals surface area contributed by atoms with E-state index in [1.165, 1.54) is 38.4 Å². The summed E-state index contributed by atoms with van der Waals surface area (Å²) in [6.07, 6.45) is -0.274. The highest BCUT2D eigenvalue weighted by Crippen LogP contribution is 2.30. The molecule has 9 heteroatoms. The summed E-state index contributed by atoms with van der Waals surface area (Å²) < 4.78 is 37.1. The predicted octanol–water partition coefficient (Wildman–Crippen LogP) is 2.20. The first kappa shape index (κ1) is 22.2. The normalized spacial score (nSPS) is 11.1. The average molecular weight is 420 g/mol. The standard InChI is InChI=1S/C20H24N2O6S/c1-14(2)28-19(23)13-21-20(24)15-9-11-16(12-10-15)29(25,26)22(3)17-7-5-6-8-18(17)27-4/h5-12,14H,13H2,1-4H3,(H,21,24). The van der Waals surface area contributed by atoms with Crippen LogP contribution in [0.2, 0.25) is 0 Å². The van der Waals surface area contributed by atoms with Crippen LogP contribution in [0, 0.1) is 0 Å². The molecule has 0 atom stereocenters. The van der Waals surface area contributed by atoms with Crippen LogP contribution in [0.4, 0.5) is 5.69 Å². The van der Waals surface area contributed by atoms with Crippen molar-refractivity contribution in [2.75, 3.05) is 25.0 Å². The molecule has 0 heterocycles. The van der Waals surface area contributed by atoms with Gasteiger partial charge in [-0.1, -0.05) is 12.1 Å². The van der Waals surface area contributed by atoms with Crippen molar-refractivity contribution in [2.24, 2.45) is 0 Å². The molecule has 1 N–H and O–H groups in total. The molecular formula is C20H24N2O6S. The Bertz CT molecular complexity index is 971. The number of hydrogen-bond donors (Lipinski definition) is 1. The molecule has 0 bridgehead atoms. The van der Waals surface area contributed by atoms with Crippen molar-refractivity contribution in [1.82, 2.24) is 5.32 Å². The lowest BCUT2D eigenvalue weighted by molar-refractivity contribution is -0.146. The summed E-state index contributed by atoms with van der Waals surface area (Å²) in [7, 11) is -0.972. The Morgan fingerprint density at radius 2 is 1.69 bits per heavy atom. The van der Waals surface area contributed by atoms with Gasteiger partial charge in [0, 0.05) is 12.6 Å². The summed E-state index contributed by atoms with van der Waals surface area (Å²) in [5, 5.41) is 2.44. The van der Waals surface area contributed by atoms with Crippen molar-refractivity contribution in [3.63, 3.8) is 0 Å². The number of ether oxygens (including phenoxy) is 2. The average Bonchev–Trinajstić information content (AvgIpc) is 2.71. The Hall–Kier alpha value is -3.07. The van der Waals surface area contributed by atoms with Gasteiger partial charge >= 0.3 is 5.97 Å². The minimum absolute atomic E-state index is 0.0154. The number of anilines is 1. The van der Waals surface area contributed by atoms with Gasteiger partial charge in [0.2, 0.25) is 0 Å². The molecule has 2 rings (SSSR count). The van der Waals surface area contributed by atoms with E-state index in [9.17, 15) is 18.0 Å². The maximum atomic E-state index is 12.9. The minimum Gasteiger partial charge on any atom is -0.495 e. The Morgan fingerprint density at radius 3 is 2.28 bits per heavy atom. The number of amides is 1. The van der Waals surface area contributed by atoms with Crippen LogP contribution in [0.5, 0.6) is 5.75 Å². The van der Waals surface area contributed by atoms with E-state index < -0.39 is 21.9 Å². The largest absolute Gasteiger partial charge is 0.495 e. The number of carbonyl (C=O) groups is 2. The lowest BCUT2D eigenvalue weighted by atomic mass is 10.2. The molecule has 156 valence electrons. The second-order valence-electron chi connectivity index (χ2n) is 6.39. The maximum absolute atomic E-state index is 12.9. The number of esters is 1. The summed E-state index contributed by atoms with van der Waals surface area (Å²) in [4.78, 5) is 23.7. The van der Waals surface area contributed by atoms with Crippen LogP contribution in [-0.4, -0.2) is 47.1 Å². The Kier molecular flexibility index (Phi) is 7.22. The fourth-order valence-corrected chi connectivity index (χ4v) is 3.72. The zero-order valence-electron chi connectivity index (χ0n) is 16.7. The van der Waals surface area contributed by atoms with E-state index in [1.54, 1.807) is 38.1 Å². The molecule has 0 aliphatic rings. The van der Waals surface area contributed by atoms with Gasteiger partial charge < -0.3 is 14.8 Å². The highest BCUT2D eigenvalue weighted by molar-refractivity contribution is 7.92. The van der Waals surface area contributed by atoms with Crippen molar-refractivity contribution in [1.29, 1.82) is 0 Å². The molecule has 0 saturated carbocycles. The number of methoxy groups -OCH3 is 1. The van der Waals surface area contributed by atoms with Crippen LogP contribution in [0.3, 0.4) is 0 Å². The lowest BCUT2D eigenvalue weighted by Gasteiger charge is -2.21. The van der Waals surface area contributed by atoms with E-state index in [4.69, 9.17) is 9.47 Å². The Balaban J connectivity index is 2.14. The number of sulfonamides is 1. The molecule has 0 fully saturated rings. The molecule has 0 spiro atoms. The topological polar surface area (TPSA) is 102 Å². The van der Waals surface area contributed by atoms with Gasteiger partial charge in [-0.15, -0.1) is 0 Å². The van der Waals surface area contributed by atoms with E-state index in [0.29, 0.717) is 11.4 Å².